The molecule has 48 heavy (non-hydrogen) atoms. The number of aliphatic hydroxyl groups excluding tert-OH is 4. The van der Waals surface area contributed by atoms with Crippen molar-refractivity contribution >= 4 is 23.9 Å². The summed E-state index contributed by atoms with van der Waals surface area (Å²) in [7, 11) is 2.96. The zero-order chi connectivity index (χ0) is 36.4. The van der Waals surface area contributed by atoms with Crippen molar-refractivity contribution in [2.45, 2.75) is 76.2 Å². The lowest BCUT2D eigenvalue weighted by Crippen LogP contribution is -2.70. The summed E-state index contributed by atoms with van der Waals surface area (Å²) in [5, 5.41) is 59.3. The molecule has 0 saturated carbocycles. The highest BCUT2D eigenvalue weighted by Crippen LogP contribution is 2.43. The van der Waals surface area contributed by atoms with Gasteiger partial charge in [0, 0.05) is 26.6 Å². The number of carboxylic acids is 1. The molecule has 3 amide bonds. The van der Waals surface area contributed by atoms with Gasteiger partial charge in [0.25, 0.3) is 0 Å². The van der Waals surface area contributed by atoms with E-state index in [0.29, 0.717) is 13.2 Å². The topological polar surface area (TPSA) is 261 Å². The normalized spacial score (nSPS) is 23.1. The molecule has 8 N–H and O–H groups in total. The van der Waals surface area contributed by atoms with Gasteiger partial charge in [0.1, 0.15) is 31.0 Å². The van der Waals surface area contributed by atoms with Crippen LogP contribution in [0, 0.1) is 17.8 Å². The molecule has 0 spiro atoms. The second-order valence-corrected chi connectivity index (χ2v) is 12.1. The minimum Gasteiger partial charge on any atom is -0.479 e. The van der Waals surface area contributed by atoms with E-state index in [2.05, 4.69) is 16.0 Å². The highest BCUT2D eigenvalue weighted by atomic mass is 16.6. The number of aliphatic carboxylic acids is 1. The monoisotopic (exact) mass is 697 g/mol. The van der Waals surface area contributed by atoms with Crippen LogP contribution in [-0.2, 0) is 42.8 Å². The number of carbonyl (C=O) groups is 4. The number of nitrogens with one attached hydrogen (secondary N) is 3. The molecule has 0 bridgehead atoms. The van der Waals surface area contributed by atoms with Crippen molar-refractivity contribution in [3.8, 4) is 0 Å². The van der Waals surface area contributed by atoms with E-state index in [-0.39, 0.29) is 44.9 Å². The van der Waals surface area contributed by atoms with Gasteiger partial charge in [0.15, 0.2) is 5.60 Å². The Hall–Kier alpha value is -2.68. The van der Waals surface area contributed by atoms with E-state index in [0.717, 1.165) is 0 Å². The second-order valence-electron chi connectivity index (χ2n) is 12.1. The van der Waals surface area contributed by atoms with Crippen LogP contribution in [0.4, 0.5) is 4.79 Å². The Morgan fingerprint density at radius 3 is 2.04 bits per heavy atom. The first kappa shape index (κ1) is 43.3. The van der Waals surface area contributed by atoms with Gasteiger partial charge in [0.2, 0.25) is 11.8 Å². The molecule has 18 heteroatoms. The molecule has 1 rings (SSSR count). The van der Waals surface area contributed by atoms with Gasteiger partial charge >= 0.3 is 12.1 Å². The van der Waals surface area contributed by atoms with E-state index >= 15 is 0 Å². The average molecular weight is 698 g/mol. The third-order valence-electron chi connectivity index (χ3n) is 7.85. The van der Waals surface area contributed by atoms with Gasteiger partial charge in [-0.2, -0.15) is 0 Å². The molecule has 1 fully saturated rings. The van der Waals surface area contributed by atoms with Crippen molar-refractivity contribution in [1.29, 1.82) is 0 Å². The van der Waals surface area contributed by atoms with Crippen molar-refractivity contribution < 1.29 is 73.1 Å². The lowest BCUT2D eigenvalue weighted by Gasteiger charge is -2.51. The molecule has 1 aliphatic heterocycles. The fourth-order valence-corrected chi connectivity index (χ4v) is 5.83. The Morgan fingerprint density at radius 2 is 1.50 bits per heavy atom. The summed E-state index contributed by atoms with van der Waals surface area (Å²) >= 11 is 0. The van der Waals surface area contributed by atoms with E-state index in [4.69, 9.17) is 28.4 Å². The zero-order valence-electron chi connectivity index (χ0n) is 28.6. The first-order chi connectivity index (χ1) is 22.7. The molecule has 18 nitrogen and oxygen atoms in total. The Morgan fingerprint density at radius 1 is 0.917 bits per heavy atom. The summed E-state index contributed by atoms with van der Waals surface area (Å²) in [4.78, 5) is 51.0. The number of alkyl carbamates (subject to hydrolysis) is 1. The summed E-state index contributed by atoms with van der Waals surface area (Å²) in [6.45, 7) is 6.19. The van der Waals surface area contributed by atoms with Crippen molar-refractivity contribution in [2.24, 2.45) is 17.8 Å². The Bertz CT molecular complexity index is 979. The molecular weight excluding hydrogens is 642 g/mol. The quantitative estimate of drug-likeness (QED) is 0.0519. The predicted molar refractivity (Wildman–Crippen MR) is 167 cm³/mol. The van der Waals surface area contributed by atoms with Gasteiger partial charge in [0.05, 0.1) is 64.9 Å². The number of rotatable bonds is 23. The lowest BCUT2D eigenvalue weighted by molar-refractivity contribution is -0.250. The number of aliphatic hydroxyl groups is 4. The standard InChI is InChI=1S/C30H55N3O15/c1-17(2)23(18(3)4)30(28(40)41)13-20(35)24(26(48-30)25(38)21(36)15-34)33-22(37)14-31-27(39)19(16-46-10-8-44-6)32-29(42)47-12-11-45-9-7-43-5/h17-21,23-26,34-36,38H,7-16H2,1-6H3,(H,31,39)(H,32,42)(H,33,37)(H,40,41). The van der Waals surface area contributed by atoms with Crippen LogP contribution in [-0.4, -0.2) is 165 Å². The Kier molecular flexibility index (Phi) is 20.0. The maximum Gasteiger partial charge on any atom is 0.407 e. The van der Waals surface area contributed by atoms with Gasteiger partial charge in [-0.25, -0.2) is 9.59 Å². The van der Waals surface area contributed by atoms with Gasteiger partial charge in [-0.05, 0) is 11.8 Å². The van der Waals surface area contributed by atoms with E-state index < -0.39 is 91.5 Å². The SMILES string of the molecule is COCCOCCOC(=O)NC(COCCOC)C(=O)NCC(=O)NC1C(O)CC(C(=O)O)(C(C(C)C)C(C)C)OC1C(O)C(O)CO. The second kappa shape index (κ2) is 22.1. The number of amides is 3. The van der Waals surface area contributed by atoms with Crippen LogP contribution >= 0.6 is 0 Å². The Labute approximate surface area is 280 Å². The van der Waals surface area contributed by atoms with Gasteiger partial charge in [-0.3, -0.25) is 9.59 Å². The summed E-state index contributed by atoms with van der Waals surface area (Å²) in [5.41, 5.74) is -2.01. The van der Waals surface area contributed by atoms with E-state index in [1.54, 1.807) is 27.7 Å². The van der Waals surface area contributed by atoms with E-state index in [1.807, 2.05) is 0 Å². The molecule has 0 aromatic rings. The average Bonchev–Trinajstić information content (AvgIpc) is 3.02. The number of methoxy groups -OCH3 is 2. The predicted octanol–water partition coefficient (Wildman–Crippen LogP) is -2.38. The molecule has 280 valence electrons. The van der Waals surface area contributed by atoms with Crippen LogP contribution < -0.4 is 16.0 Å². The van der Waals surface area contributed by atoms with Crippen LogP contribution in [0.1, 0.15) is 34.1 Å². The number of carboxylic acid groups (broad SMARTS) is 1. The summed E-state index contributed by atoms with van der Waals surface area (Å²) in [6, 6.07) is -2.75. The fraction of sp³-hybridized carbons (Fsp3) is 0.867. The number of carbonyl (C=O) groups excluding carboxylic acids is 3. The molecule has 7 unspecified atom stereocenters. The van der Waals surface area contributed by atoms with Gasteiger partial charge in [-0.15, -0.1) is 0 Å². The smallest absolute Gasteiger partial charge is 0.407 e. The molecule has 0 aliphatic carbocycles. The first-order valence-corrected chi connectivity index (χ1v) is 15.9. The summed E-state index contributed by atoms with van der Waals surface area (Å²) < 4.78 is 31.4. The minimum atomic E-state index is -2.01. The molecule has 0 radical (unpaired) electrons. The maximum atomic E-state index is 13.0. The summed E-state index contributed by atoms with van der Waals surface area (Å²) in [5.74, 6) is -4.26. The largest absolute Gasteiger partial charge is 0.479 e. The van der Waals surface area contributed by atoms with Crippen LogP contribution in [0.25, 0.3) is 0 Å². The van der Waals surface area contributed by atoms with Crippen LogP contribution in [0.3, 0.4) is 0 Å². The number of hydrogen-bond acceptors (Lipinski definition) is 14. The van der Waals surface area contributed by atoms with Gasteiger partial charge in [-0.1, -0.05) is 27.7 Å². The van der Waals surface area contributed by atoms with Crippen molar-refractivity contribution in [3.63, 3.8) is 0 Å². The molecule has 1 saturated heterocycles. The molecular formula is C30H55N3O15. The molecule has 1 heterocycles. The van der Waals surface area contributed by atoms with Crippen molar-refractivity contribution in [1.82, 2.24) is 16.0 Å². The minimum absolute atomic E-state index is 0.0864. The highest BCUT2D eigenvalue weighted by molar-refractivity contribution is 5.89. The number of hydrogen-bond donors (Lipinski definition) is 8. The first-order valence-electron chi connectivity index (χ1n) is 15.9. The van der Waals surface area contributed by atoms with Gasteiger partial charge < -0.3 is 69.9 Å². The van der Waals surface area contributed by atoms with Crippen LogP contribution in [0.2, 0.25) is 0 Å². The third kappa shape index (κ3) is 13.3. The fourth-order valence-electron chi connectivity index (χ4n) is 5.83. The van der Waals surface area contributed by atoms with Crippen molar-refractivity contribution in [3.05, 3.63) is 0 Å². The molecule has 7 atom stereocenters. The molecule has 0 aromatic heterocycles. The van der Waals surface area contributed by atoms with Crippen LogP contribution in [0.15, 0.2) is 0 Å². The van der Waals surface area contributed by atoms with E-state index in [9.17, 15) is 44.7 Å². The lowest BCUT2D eigenvalue weighted by atomic mass is 9.68. The molecule has 0 aromatic carbocycles. The Balaban J connectivity index is 3.05. The maximum absolute atomic E-state index is 13.0. The number of ether oxygens (including phenoxy) is 6. The zero-order valence-corrected chi connectivity index (χ0v) is 28.6. The third-order valence-corrected chi connectivity index (χ3v) is 7.85. The van der Waals surface area contributed by atoms with Crippen LogP contribution in [0.5, 0.6) is 0 Å². The highest BCUT2D eigenvalue weighted by Gasteiger charge is 2.59. The van der Waals surface area contributed by atoms with E-state index in [1.165, 1.54) is 14.2 Å². The molecule has 1 aliphatic rings. The summed E-state index contributed by atoms with van der Waals surface area (Å²) in [6.07, 6.45) is -8.40. The van der Waals surface area contributed by atoms with Crippen molar-refractivity contribution in [2.75, 3.05) is 73.6 Å².